The topological polar surface area (TPSA) is 70.1 Å². The average molecular weight is 398 g/mol. The molecular weight excluding hydrogens is 375 g/mol. The quantitative estimate of drug-likeness (QED) is 0.863. The van der Waals surface area contributed by atoms with Crippen molar-refractivity contribution < 1.29 is 23.8 Å². The van der Waals surface area contributed by atoms with E-state index in [0.717, 1.165) is 23.4 Å². The van der Waals surface area contributed by atoms with Gasteiger partial charge in [-0.05, 0) is 35.9 Å². The Morgan fingerprint density at radius 2 is 1.83 bits per heavy atom. The third-order valence-electron chi connectivity index (χ3n) is 6.01. The van der Waals surface area contributed by atoms with Gasteiger partial charge in [-0.3, -0.25) is 9.59 Å². The number of carbonyl (C=O) groups is 2. The summed E-state index contributed by atoms with van der Waals surface area (Å²) in [6, 6.07) is 11.2. The summed E-state index contributed by atoms with van der Waals surface area (Å²) in [5.74, 6) is -0.476. The Labute approximate surface area is 168 Å². The molecule has 2 heterocycles. The molecule has 7 heteroatoms. The van der Waals surface area contributed by atoms with Gasteiger partial charge in [0.1, 0.15) is 5.75 Å². The second kappa shape index (κ2) is 7.39. The van der Waals surface area contributed by atoms with Crippen LogP contribution in [-0.2, 0) is 4.79 Å². The van der Waals surface area contributed by atoms with Gasteiger partial charge in [0.05, 0.1) is 13.2 Å². The maximum atomic E-state index is 13.3. The molecule has 2 fully saturated rings. The zero-order valence-electron chi connectivity index (χ0n) is 16.3. The number of methoxy groups -OCH3 is 1. The van der Waals surface area contributed by atoms with Gasteiger partial charge in [-0.25, -0.2) is 4.39 Å². The molecule has 0 spiro atoms. The monoisotopic (exact) mass is 398 g/mol. The Kier molecular flexibility index (Phi) is 4.90. The van der Waals surface area contributed by atoms with Crippen LogP contribution >= 0.6 is 0 Å². The van der Waals surface area contributed by atoms with E-state index in [1.165, 1.54) is 6.07 Å². The lowest BCUT2D eigenvalue weighted by Gasteiger charge is -2.29. The lowest BCUT2D eigenvalue weighted by Crippen LogP contribution is -2.36. The maximum Gasteiger partial charge on any atom is 0.254 e. The summed E-state index contributed by atoms with van der Waals surface area (Å²) in [6.45, 7) is 3.19. The highest BCUT2D eigenvalue weighted by Gasteiger charge is 2.49. The highest BCUT2D eigenvalue weighted by Crippen LogP contribution is 2.45. The molecule has 29 heavy (non-hydrogen) atoms. The first-order valence-corrected chi connectivity index (χ1v) is 9.58. The molecule has 2 aromatic rings. The van der Waals surface area contributed by atoms with E-state index in [0.29, 0.717) is 19.6 Å². The molecule has 4 rings (SSSR count). The van der Waals surface area contributed by atoms with E-state index in [1.807, 2.05) is 29.2 Å². The van der Waals surface area contributed by atoms with Gasteiger partial charge in [0.2, 0.25) is 5.91 Å². The van der Waals surface area contributed by atoms with E-state index >= 15 is 0 Å². The lowest BCUT2D eigenvalue weighted by atomic mass is 9.89. The van der Waals surface area contributed by atoms with Crippen LogP contribution in [0.15, 0.2) is 42.5 Å². The molecule has 2 saturated heterocycles. The second-order valence-corrected chi connectivity index (χ2v) is 7.69. The Hall–Kier alpha value is -3.09. The van der Waals surface area contributed by atoms with Gasteiger partial charge in [0.15, 0.2) is 11.6 Å². The fourth-order valence-corrected chi connectivity index (χ4v) is 4.59. The van der Waals surface area contributed by atoms with Crippen LogP contribution in [0, 0.1) is 17.7 Å². The number of benzene rings is 2. The standard InChI is InChI=1S/C22H23FN2O4/c1-13(26)25-11-16-10-24(22(28)15-5-8-19(23)20(27)9-15)12-18(16)21(25)14-3-6-17(29-2)7-4-14/h3-9,16,18,21,27H,10-12H2,1-2H3/t16-,18-,21+/m1/s1. The van der Waals surface area contributed by atoms with Crippen LogP contribution in [0.25, 0.3) is 0 Å². The molecule has 6 nitrogen and oxygen atoms in total. The summed E-state index contributed by atoms with van der Waals surface area (Å²) in [5.41, 5.74) is 1.27. The normalized spacial score (nSPS) is 23.2. The molecular formula is C22H23FN2O4. The van der Waals surface area contributed by atoms with E-state index in [4.69, 9.17) is 4.74 Å². The molecule has 0 bridgehead atoms. The number of ether oxygens (including phenoxy) is 1. The second-order valence-electron chi connectivity index (χ2n) is 7.69. The van der Waals surface area contributed by atoms with Gasteiger partial charge >= 0.3 is 0 Å². The Morgan fingerprint density at radius 1 is 1.10 bits per heavy atom. The molecule has 2 aliphatic heterocycles. The molecule has 0 aliphatic carbocycles. The zero-order chi connectivity index (χ0) is 20.7. The minimum atomic E-state index is -0.753. The molecule has 1 N–H and O–H groups in total. The molecule has 2 amide bonds. The molecule has 0 radical (unpaired) electrons. The van der Waals surface area contributed by atoms with E-state index < -0.39 is 11.6 Å². The van der Waals surface area contributed by atoms with Crippen LogP contribution in [0.5, 0.6) is 11.5 Å². The largest absolute Gasteiger partial charge is 0.505 e. The van der Waals surface area contributed by atoms with Crippen molar-refractivity contribution >= 4 is 11.8 Å². The molecule has 0 saturated carbocycles. The van der Waals surface area contributed by atoms with Gasteiger partial charge in [-0.2, -0.15) is 0 Å². The van der Waals surface area contributed by atoms with Gasteiger partial charge in [0, 0.05) is 44.0 Å². The van der Waals surface area contributed by atoms with E-state index in [-0.39, 0.29) is 35.3 Å². The van der Waals surface area contributed by atoms with Crippen molar-refractivity contribution in [1.29, 1.82) is 0 Å². The van der Waals surface area contributed by atoms with Crippen molar-refractivity contribution in [3.8, 4) is 11.5 Å². The summed E-state index contributed by atoms with van der Waals surface area (Å²) >= 11 is 0. The predicted molar refractivity (Wildman–Crippen MR) is 104 cm³/mol. The fourth-order valence-electron chi connectivity index (χ4n) is 4.59. The van der Waals surface area contributed by atoms with E-state index in [9.17, 15) is 19.1 Å². The van der Waals surface area contributed by atoms with E-state index in [1.54, 1.807) is 18.9 Å². The predicted octanol–water partition coefficient (Wildman–Crippen LogP) is 2.83. The summed E-state index contributed by atoms with van der Waals surface area (Å²) in [4.78, 5) is 28.7. The highest BCUT2D eigenvalue weighted by atomic mass is 19.1. The Bertz CT molecular complexity index is 946. The Morgan fingerprint density at radius 3 is 2.45 bits per heavy atom. The number of halogens is 1. The number of amides is 2. The smallest absolute Gasteiger partial charge is 0.254 e. The van der Waals surface area contributed by atoms with Crippen LogP contribution in [0.1, 0.15) is 28.9 Å². The zero-order valence-corrected chi connectivity index (χ0v) is 16.3. The van der Waals surface area contributed by atoms with Crippen LogP contribution < -0.4 is 4.74 Å². The maximum absolute atomic E-state index is 13.3. The fraction of sp³-hybridized carbons (Fsp3) is 0.364. The van der Waals surface area contributed by atoms with Crippen molar-refractivity contribution in [1.82, 2.24) is 9.80 Å². The third kappa shape index (κ3) is 3.41. The van der Waals surface area contributed by atoms with Crippen LogP contribution in [0.2, 0.25) is 0 Å². The van der Waals surface area contributed by atoms with Crippen molar-refractivity contribution in [2.45, 2.75) is 13.0 Å². The lowest BCUT2D eigenvalue weighted by molar-refractivity contribution is -0.130. The summed E-state index contributed by atoms with van der Waals surface area (Å²) in [5, 5.41) is 9.58. The van der Waals surface area contributed by atoms with E-state index in [2.05, 4.69) is 0 Å². The third-order valence-corrected chi connectivity index (χ3v) is 6.01. The number of rotatable bonds is 3. The minimum Gasteiger partial charge on any atom is -0.505 e. The van der Waals surface area contributed by atoms with Crippen molar-refractivity contribution in [3.63, 3.8) is 0 Å². The number of hydrogen-bond acceptors (Lipinski definition) is 4. The minimum absolute atomic E-state index is 0.0153. The van der Waals surface area contributed by atoms with Crippen LogP contribution in [0.3, 0.4) is 0 Å². The van der Waals surface area contributed by atoms with Gasteiger partial charge in [-0.1, -0.05) is 12.1 Å². The molecule has 2 aliphatic rings. The first kappa shape index (κ1) is 19.2. The van der Waals surface area contributed by atoms with Crippen LogP contribution in [0.4, 0.5) is 4.39 Å². The molecule has 3 atom stereocenters. The summed E-state index contributed by atoms with van der Waals surface area (Å²) in [7, 11) is 1.61. The number of carbonyl (C=O) groups excluding carboxylic acids is 2. The first-order chi connectivity index (χ1) is 13.9. The molecule has 152 valence electrons. The van der Waals surface area contributed by atoms with Gasteiger partial charge in [-0.15, -0.1) is 0 Å². The first-order valence-electron chi connectivity index (χ1n) is 9.58. The van der Waals surface area contributed by atoms with Crippen molar-refractivity contribution in [2.75, 3.05) is 26.7 Å². The van der Waals surface area contributed by atoms with Gasteiger partial charge < -0.3 is 19.6 Å². The number of phenolic OH excluding ortho intramolecular Hbond substituents is 1. The summed E-state index contributed by atoms with van der Waals surface area (Å²) < 4.78 is 18.5. The SMILES string of the molecule is COc1ccc([C@H]2[C@@H]3CN(C(=O)c4ccc(F)c(O)c4)C[C@@H]3CN2C(C)=O)cc1. The molecule has 0 aromatic heterocycles. The molecule has 2 aromatic carbocycles. The average Bonchev–Trinajstić information content (AvgIpc) is 3.28. The number of aromatic hydroxyl groups is 1. The number of likely N-dealkylation sites (tertiary alicyclic amines) is 2. The van der Waals surface area contributed by atoms with Gasteiger partial charge in [0.25, 0.3) is 5.91 Å². The number of hydrogen-bond donors (Lipinski definition) is 1. The summed E-state index contributed by atoms with van der Waals surface area (Å²) in [6.07, 6.45) is 0. The molecule has 0 unspecified atom stereocenters. The number of nitrogens with zero attached hydrogens (tertiary/aromatic N) is 2. The number of phenols is 1. The Balaban J connectivity index is 1.58. The van der Waals surface area contributed by atoms with Crippen LogP contribution in [-0.4, -0.2) is 53.5 Å². The highest BCUT2D eigenvalue weighted by molar-refractivity contribution is 5.94. The number of fused-ring (bicyclic) bond motifs is 1. The van der Waals surface area contributed by atoms with Crippen molar-refractivity contribution in [2.24, 2.45) is 11.8 Å². The van der Waals surface area contributed by atoms with Crippen molar-refractivity contribution in [3.05, 3.63) is 59.4 Å².